The normalized spacial score (nSPS) is 15.1. The minimum absolute atomic E-state index is 0. The predicted octanol–water partition coefficient (Wildman–Crippen LogP) is 6.48. The zero-order valence-corrected chi connectivity index (χ0v) is 27.0. The van der Waals surface area contributed by atoms with Gasteiger partial charge in [0.1, 0.15) is 18.1 Å². The quantitative estimate of drug-likeness (QED) is 0.210. The third kappa shape index (κ3) is 7.92. The summed E-state index contributed by atoms with van der Waals surface area (Å²) in [6, 6.07) is 19.9. The lowest BCUT2D eigenvalue weighted by atomic mass is 9.96. The molecule has 0 aliphatic carbocycles. The lowest BCUT2D eigenvalue weighted by Crippen LogP contribution is -2.42. The summed E-state index contributed by atoms with van der Waals surface area (Å²) in [5, 5.41) is 12.1. The van der Waals surface area contributed by atoms with E-state index in [1.54, 1.807) is 23.3 Å². The lowest BCUT2D eigenvalue weighted by molar-refractivity contribution is -0.137. The number of carbonyl (C=O) groups is 1. The molecule has 226 valence electrons. The standard InChI is InChI=1S/C33H33NO6S2.H2S/c1-4-5-26(20-32(35)36)25-7-9-27(10-8-25)39-21-24-6-13-31-30(19-24)33(23(3)41-31)29-12-11-28(18-22(29)2)40-34-14-16-42(37,38)17-15-34;/h6-13,18-19,26H,14-17,20-21H2,1-3H3,(H,35,36);1H2/t26-;/m0./s1. The molecule has 1 fully saturated rings. The van der Waals surface area contributed by atoms with Crippen LogP contribution in [-0.4, -0.2) is 49.2 Å². The van der Waals surface area contributed by atoms with E-state index in [9.17, 15) is 18.3 Å². The van der Waals surface area contributed by atoms with Crippen molar-refractivity contribution in [3.8, 4) is 34.5 Å². The SMILES string of the molecule is CC#C[C@@H](CC(=O)O)c1ccc(OCc2ccc3sc(C)c(-c4ccc(ON5CCS(=O)(=O)CC5)cc4C)c3c2)cc1.S. The highest BCUT2D eigenvalue weighted by Gasteiger charge is 2.23. The molecule has 1 aliphatic rings. The van der Waals surface area contributed by atoms with Gasteiger partial charge in [-0.05, 0) is 79.4 Å². The van der Waals surface area contributed by atoms with Gasteiger partial charge < -0.3 is 14.7 Å². The molecule has 0 saturated carbocycles. The highest BCUT2D eigenvalue weighted by molar-refractivity contribution is 7.91. The molecule has 0 unspecified atom stereocenters. The van der Waals surface area contributed by atoms with E-state index in [0.717, 1.165) is 22.3 Å². The van der Waals surface area contributed by atoms with E-state index >= 15 is 0 Å². The number of carboxylic acids is 1. The summed E-state index contributed by atoms with van der Waals surface area (Å²) < 4.78 is 30.7. The van der Waals surface area contributed by atoms with Gasteiger partial charge in [-0.3, -0.25) is 4.79 Å². The van der Waals surface area contributed by atoms with Crippen LogP contribution in [0.25, 0.3) is 21.2 Å². The molecule has 0 bridgehead atoms. The molecule has 1 atom stereocenters. The molecular weight excluding hydrogens is 603 g/mol. The second kappa shape index (κ2) is 13.9. The number of hydroxylamine groups is 2. The minimum Gasteiger partial charge on any atom is -0.489 e. The third-order valence-electron chi connectivity index (χ3n) is 7.32. The van der Waals surface area contributed by atoms with Gasteiger partial charge in [0.05, 0.1) is 23.8 Å². The average molecular weight is 638 g/mol. The second-order valence-electron chi connectivity index (χ2n) is 10.4. The van der Waals surface area contributed by atoms with Crippen molar-refractivity contribution in [3.05, 3.63) is 82.2 Å². The highest BCUT2D eigenvalue weighted by atomic mass is 32.2. The van der Waals surface area contributed by atoms with Crippen molar-refractivity contribution in [1.29, 1.82) is 0 Å². The van der Waals surface area contributed by atoms with Crippen molar-refractivity contribution in [3.63, 3.8) is 0 Å². The van der Waals surface area contributed by atoms with Crippen molar-refractivity contribution in [2.45, 2.75) is 39.7 Å². The number of rotatable bonds is 9. The Kier molecular flexibility index (Phi) is 10.5. The molecule has 0 amide bonds. The topological polar surface area (TPSA) is 93.1 Å². The van der Waals surface area contributed by atoms with Gasteiger partial charge in [-0.1, -0.05) is 30.2 Å². The van der Waals surface area contributed by atoms with Gasteiger partial charge in [0.15, 0.2) is 9.84 Å². The Morgan fingerprint density at radius 2 is 1.72 bits per heavy atom. The van der Waals surface area contributed by atoms with Crippen LogP contribution in [0.1, 0.15) is 40.8 Å². The molecule has 5 rings (SSSR count). The van der Waals surface area contributed by atoms with E-state index in [0.29, 0.717) is 31.2 Å². The lowest BCUT2D eigenvalue weighted by Gasteiger charge is -2.26. The van der Waals surface area contributed by atoms with E-state index in [1.165, 1.54) is 20.5 Å². The monoisotopic (exact) mass is 637 g/mol. The van der Waals surface area contributed by atoms with Crippen LogP contribution in [-0.2, 0) is 21.2 Å². The van der Waals surface area contributed by atoms with Crippen LogP contribution in [0, 0.1) is 25.7 Å². The molecule has 1 saturated heterocycles. The van der Waals surface area contributed by atoms with E-state index in [1.807, 2.05) is 36.4 Å². The Balaban J connectivity index is 0.00000423. The van der Waals surface area contributed by atoms with Gasteiger partial charge in [0.2, 0.25) is 0 Å². The predicted molar refractivity (Wildman–Crippen MR) is 177 cm³/mol. The number of hydrogen-bond donors (Lipinski definition) is 1. The van der Waals surface area contributed by atoms with Gasteiger partial charge in [-0.25, -0.2) is 8.42 Å². The van der Waals surface area contributed by atoms with Gasteiger partial charge >= 0.3 is 5.97 Å². The maximum atomic E-state index is 11.7. The second-order valence-corrected chi connectivity index (χ2v) is 14.0. The van der Waals surface area contributed by atoms with Crippen LogP contribution in [0.15, 0.2) is 60.7 Å². The smallest absolute Gasteiger partial charge is 0.304 e. The first-order chi connectivity index (χ1) is 20.1. The Hall–Kier alpha value is -3.49. The molecule has 4 aromatic rings. The maximum Gasteiger partial charge on any atom is 0.304 e. The molecule has 10 heteroatoms. The first-order valence-corrected chi connectivity index (χ1v) is 16.4. The molecule has 1 aliphatic heterocycles. The number of sulfone groups is 1. The van der Waals surface area contributed by atoms with Gasteiger partial charge in [0, 0.05) is 33.6 Å². The molecule has 0 spiro atoms. The Bertz CT molecular complexity index is 1770. The summed E-state index contributed by atoms with van der Waals surface area (Å²) >= 11 is 1.76. The Morgan fingerprint density at radius 1 is 1.02 bits per heavy atom. The first kappa shape index (κ1) is 32.4. The number of aryl methyl sites for hydroxylation is 2. The van der Waals surface area contributed by atoms with Crippen molar-refractivity contribution in [1.82, 2.24) is 5.06 Å². The van der Waals surface area contributed by atoms with Crippen LogP contribution in [0.5, 0.6) is 11.5 Å². The molecular formula is C33H35NO6S3. The molecule has 1 aromatic heterocycles. The van der Waals surface area contributed by atoms with Crippen molar-refractivity contribution < 1.29 is 27.9 Å². The summed E-state index contributed by atoms with van der Waals surface area (Å²) in [6.45, 7) is 7.04. The fraction of sp³-hybridized carbons (Fsp3) is 0.303. The molecule has 43 heavy (non-hydrogen) atoms. The summed E-state index contributed by atoms with van der Waals surface area (Å²) in [5.41, 5.74) is 5.30. The number of carboxylic acid groups (broad SMARTS) is 1. The number of thiophene rings is 1. The van der Waals surface area contributed by atoms with Crippen molar-refractivity contribution in [2.75, 3.05) is 24.6 Å². The van der Waals surface area contributed by atoms with Crippen molar-refractivity contribution >= 4 is 50.7 Å². The Morgan fingerprint density at radius 3 is 2.37 bits per heavy atom. The fourth-order valence-corrected chi connectivity index (χ4v) is 7.39. The van der Waals surface area contributed by atoms with Crippen LogP contribution >= 0.6 is 24.8 Å². The number of ether oxygens (including phenoxy) is 1. The van der Waals surface area contributed by atoms with E-state index in [-0.39, 0.29) is 37.3 Å². The first-order valence-electron chi connectivity index (χ1n) is 13.7. The largest absolute Gasteiger partial charge is 0.489 e. The number of nitrogens with zero attached hydrogens (tertiary/aromatic N) is 1. The zero-order valence-electron chi connectivity index (χ0n) is 24.3. The number of benzene rings is 3. The minimum atomic E-state index is -2.96. The molecule has 7 nitrogen and oxygen atoms in total. The van der Waals surface area contributed by atoms with E-state index in [4.69, 9.17) is 9.57 Å². The number of hydrogen-bond acceptors (Lipinski definition) is 7. The van der Waals surface area contributed by atoms with E-state index in [2.05, 4.69) is 50.0 Å². The summed E-state index contributed by atoms with van der Waals surface area (Å²) in [5.74, 6) is 6.20. The third-order valence-corrected chi connectivity index (χ3v) is 10.0. The fourth-order valence-electron chi connectivity index (χ4n) is 5.17. The van der Waals surface area contributed by atoms with Crippen LogP contribution in [0.3, 0.4) is 0 Å². The summed E-state index contributed by atoms with van der Waals surface area (Å²) in [6.07, 6.45) is -0.0382. The van der Waals surface area contributed by atoms with Crippen LogP contribution in [0.2, 0.25) is 0 Å². The van der Waals surface area contributed by atoms with Crippen LogP contribution in [0.4, 0.5) is 0 Å². The van der Waals surface area contributed by atoms with Gasteiger partial charge in [-0.2, -0.15) is 13.5 Å². The molecule has 1 N–H and O–H groups in total. The zero-order chi connectivity index (χ0) is 29.9. The molecule has 0 radical (unpaired) electrons. The summed E-state index contributed by atoms with van der Waals surface area (Å²) in [4.78, 5) is 18.4. The number of fused-ring (bicyclic) bond motifs is 1. The highest BCUT2D eigenvalue weighted by Crippen LogP contribution is 2.41. The Labute approximate surface area is 263 Å². The van der Waals surface area contributed by atoms with E-state index < -0.39 is 15.8 Å². The van der Waals surface area contributed by atoms with Crippen LogP contribution < -0.4 is 9.57 Å². The maximum absolute atomic E-state index is 11.7. The number of aliphatic carboxylic acids is 1. The molecule has 2 heterocycles. The van der Waals surface area contributed by atoms with Crippen molar-refractivity contribution in [2.24, 2.45) is 0 Å². The molecule has 3 aromatic carbocycles. The average Bonchev–Trinajstić information content (AvgIpc) is 3.28. The van der Waals surface area contributed by atoms with Gasteiger partial charge in [-0.15, -0.1) is 22.3 Å². The summed E-state index contributed by atoms with van der Waals surface area (Å²) in [7, 11) is -2.96. The van der Waals surface area contributed by atoms with Gasteiger partial charge in [0.25, 0.3) is 0 Å².